The van der Waals surface area contributed by atoms with E-state index in [2.05, 4.69) is 34.8 Å². The van der Waals surface area contributed by atoms with E-state index in [9.17, 15) is 4.79 Å². The molecule has 0 bridgehead atoms. The van der Waals surface area contributed by atoms with Crippen LogP contribution >= 0.6 is 0 Å². The van der Waals surface area contributed by atoms with Crippen LogP contribution in [0.25, 0.3) is 11.0 Å². The molecule has 0 spiro atoms. The van der Waals surface area contributed by atoms with Crippen LogP contribution in [0.1, 0.15) is 46.0 Å². The lowest BCUT2D eigenvalue weighted by Gasteiger charge is -2.28. The number of fused-ring (bicyclic) bond motifs is 1. The number of aromatic amines is 1. The topological polar surface area (TPSA) is 94.1 Å². The summed E-state index contributed by atoms with van der Waals surface area (Å²) in [5, 5.41) is 8.82. The van der Waals surface area contributed by atoms with Gasteiger partial charge in [0.2, 0.25) is 0 Å². The molecule has 0 aliphatic heterocycles. The van der Waals surface area contributed by atoms with Crippen molar-refractivity contribution < 1.29 is 10.0 Å². The maximum absolute atomic E-state index is 11.6. The van der Waals surface area contributed by atoms with Gasteiger partial charge in [-0.15, -0.1) is 0 Å². The molecule has 7 nitrogen and oxygen atoms in total. The summed E-state index contributed by atoms with van der Waals surface area (Å²) in [6.45, 7) is 5.46. The van der Waals surface area contributed by atoms with Gasteiger partial charge in [-0.1, -0.05) is 24.3 Å². The first-order chi connectivity index (χ1) is 15.0. The second-order valence-electron chi connectivity index (χ2n) is 7.68. The van der Waals surface area contributed by atoms with Crippen molar-refractivity contribution in [2.75, 3.05) is 0 Å². The third-order valence-electron chi connectivity index (χ3n) is 5.41. The third-order valence-corrected chi connectivity index (χ3v) is 5.41. The molecule has 1 atom stereocenters. The van der Waals surface area contributed by atoms with Crippen LogP contribution in [0.15, 0.2) is 66.9 Å². The van der Waals surface area contributed by atoms with Crippen LogP contribution in [-0.4, -0.2) is 31.0 Å². The molecule has 0 aliphatic carbocycles. The number of hydrogen-bond donors (Lipinski definition) is 3. The van der Waals surface area contributed by atoms with Crippen molar-refractivity contribution >= 4 is 16.9 Å². The van der Waals surface area contributed by atoms with Gasteiger partial charge in [0, 0.05) is 18.3 Å². The van der Waals surface area contributed by atoms with Crippen molar-refractivity contribution in [2.45, 2.75) is 33.0 Å². The van der Waals surface area contributed by atoms with Crippen LogP contribution in [-0.2, 0) is 13.1 Å². The van der Waals surface area contributed by atoms with Crippen LogP contribution in [0.2, 0.25) is 0 Å². The molecule has 1 amide bonds. The Labute approximate surface area is 180 Å². The zero-order chi connectivity index (χ0) is 21.8. The van der Waals surface area contributed by atoms with E-state index < -0.39 is 5.91 Å². The van der Waals surface area contributed by atoms with Crippen LogP contribution in [0, 0.1) is 6.92 Å². The summed E-state index contributed by atoms with van der Waals surface area (Å²) in [5.74, 6) is 0.361. The second kappa shape index (κ2) is 9.07. The summed E-state index contributed by atoms with van der Waals surface area (Å²) in [5.41, 5.74) is 7.23. The fraction of sp³-hybridized carbons (Fsp3) is 0.208. The van der Waals surface area contributed by atoms with Crippen LogP contribution < -0.4 is 5.48 Å². The van der Waals surface area contributed by atoms with E-state index in [0.29, 0.717) is 18.7 Å². The van der Waals surface area contributed by atoms with Gasteiger partial charge >= 0.3 is 0 Å². The molecule has 4 aromatic rings. The lowest BCUT2D eigenvalue weighted by atomic mass is 10.1. The second-order valence-corrected chi connectivity index (χ2v) is 7.68. The van der Waals surface area contributed by atoms with E-state index in [1.807, 2.05) is 48.7 Å². The minimum atomic E-state index is -0.525. The number of amides is 1. The van der Waals surface area contributed by atoms with Gasteiger partial charge in [0.25, 0.3) is 5.91 Å². The Hall–Kier alpha value is -3.55. The number of hydroxylamine groups is 1. The molecule has 4 rings (SSSR count). The molecule has 31 heavy (non-hydrogen) atoms. The van der Waals surface area contributed by atoms with Crippen molar-refractivity contribution in [1.82, 2.24) is 25.3 Å². The highest BCUT2D eigenvalue weighted by atomic mass is 16.5. The molecule has 158 valence electrons. The molecule has 7 heteroatoms. The number of para-hydroxylation sites is 2. The highest BCUT2D eigenvalue weighted by molar-refractivity contribution is 5.93. The van der Waals surface area contributed by atoms with Crippen LogP contribution in [0.3, 0.4) is 0 Å². The van der Waals surface area contributed by atoms with E-state index in [1.165, 1.54) is 5.56 Å². The largest absolute Gasteiger partial charge is 0.341 e. The maximum Gasteiger partial charge on any atom is 0.274 e. The molecular weight excluding hydrogens is 390 g/mol. The molecule has 0 saturated heterocycles. The van der Waals surface area contributed by atoms with Gasteiger partial charge in [-0.25, -0.2) is 10.5 Å². The Morgan fingerprint density at radius 3 is 2.61 bits per heavy atom. The van der Waals surface area contributed by atoms with E-state index in [0.717, 1.165) is 28.1 Å². The number of carbonyl (C=O) groups is 1. The molecular formula is C24H25N5O2. The third kappa shape index (κ3) is 4.79. The summed E-state index contributed by atoms with van der Waals surface area (Å²) >= 11 is 0. The van der Waals surface area contributed by atoms with E-state index in [-0.39, 0.29) is 6.04 Å². The van der Waals surface area contributed by atoms with Gasteiger partial charge in [0.15, 0.2) is 0 Å². The zero-order valence-corrected chi connectivity index (χ0v) is 17.5. The van der Waals surface area contributed by atoms with Gasteiger partial charge in [-0.05, 0) is 61.4 Å². The number of benzene rings is 2. The first-order valence-electron chi connectivity index (χ1n) is 10.2. The monoisotopic (exact) mass is 415 g/mol. The predicted octanol–water partition coefficient (Wildman–Crippen LogP) is 4.15. The van der Waals surface area contributed by atoms with Crippen molar-refractivity contribution in [3.05, 3.63) is 95.1 Å². The molecule has 0 fully saturated rings. The van der Waals surface area contributed by atoms with E-state index >= 15 is 0 Å². The molecule has 2 aromatic heterocycles. The van der Waals surface area contributed by atoms with Gasteiger partial charge < -0.3 is 4.98 Å². The zero-order valence-electron chi connectivity index (χ0n) is 17.5. The number of imidazole rings is 1. The molecule has 2 heterocycles. The Morgan fingerprint density at radius 2 is 1.90 bits per heavy atom. The minimum absolute atomic E-state index is 0.0496. The number of nitrogens with one attached hydrogen (secondary N) is 2. The summed E-state index contributed by atoms with van der Waals surface area (Å²) in [6.07, 6.45) is 1.84. The highest BCUT2D eigenvalue weighted by Crippen LogP contribution is 2.24. The number of carbonyl (C=O) groups excluding carboxylic acids is 1. The highest BCUT2D eigenvalue weighted by Gasteiger charge is 2.20. The fourth-order valence-electron chi connectivity index (χ4n) is 3.64. The van der Waals surface area contributed by atoms with Crippen molar-refractivity contribution in [3.63, 3.8) is 0 Å². The summed E-state index contributed by atoms with van der Waals surface area (Å²) in [6, 6.07) is 19.3. The number of H-pyrrole nitrogens is 1. The average molecular weight is 415 g/mol. The average Bonchev–Trinajstić information content (AvgIpc) is 3.20. The Bertz CT molecular complexity index is 1150. The van der Waals surface area contributed by atoms with Crippen molar-refractivity contribution in [1.29, 1.82) is 0 Å². The number of pyridine rings is 1. The first-order valence-corrected chi connectivity index (χ1v) is 10.2. The van der Waals surface area contributed by atoms with Gasteiger partial charge in [0.05, 0.1) is 29.3 Å². The number of nitrogens with zero attached hydrogens (tertiary/aromatic N) is 3. The molecule has 2 aromatic carbocycles. The minimum Gasteiger partial charge on any atom is -0.341 e. The molecule has 0 saturated carbocycles. The molecule has 0 radical (unpaired) electrons. The normalized spacial score (nSPS) is 12.3. The van der Waals surface area contributed by atoms with Crippen LogP contribution in [0.5, 0.6) is 0 Å². The number of aromatic nitrogens is 3. The fourth-order valence-corrected chi connectivity index (χ4v) is 3.64. The lowest BCUT2D eigenvalue weighted by molar-refractivity contribution is 0.0706. The number of hydrogen-bond acceptors (Lipinski definition) is 5. The standard InChI is InChI=1S/C24H25N5O2/c1-16-11-12-25-22(13-16)17(2)29(14-18-7-9-19(10-8-18)24(30)28-31)15-23-26-20-5-3-4-6-21(20)27-23/h3-13,17,31H,14-15H2,1-2H3,(H,26,27)(H,28,30)/t17-/m0/s1. The molecule has 0 aliphatic rings. The van der Waals surface area contributed by atoms with Crippen LogP contribution in [0.4, 0.5) is 0 Å². The quantitative estimate of drug-likeness (QED) is 0.311. The Kier molecular flexibility index (Phi) is 6.06. The van der Waals surface area contributed by atoms with E-state index in [4.69, 9.17) is 10.2 Å². The maximum atomic E-state index is 11.6. The Morgan fingerprint density at radius 1 is 1.13 bits per heavy atom. The van der Waals surface area contributed by atoms with Gasteiger partial charge in [-0.2, -0.15) is 0 Å². The smallest absolute Gasteiger partial charge is 0.274 e. The summed E-state index contributed by atoms with van der Waals surface area (Å²) in [4.78, 5) is 26.6. The van der Waals surface area contributed by atoms with Gasteiger partial charge in [0.1, 0.15) is 5.82 Å². The molecule has 0 unspecified atom stereocenters. The van der Waals surface area contributed by atoms with E-state index in [1.54, 1.807) is 17.6 Å². The number of rotatable bonds is 7. The lowest BCUT2D eigenvalue weighted by Crippen LogP contribution is -2.27. The first kappa shape index (κ1) is 20.7. The number of aryl methyl sites for hydroxylation is 1. The molecule has 3 N–H and O–H groups in total. The SMILES string of the molecule is Cc1ccnc([C@H](C)N(Cc2ccc(C(=O)NO)cc2)Cc2nc3ccccc3[nH]2)c1. The summed E-state index contributed by atoms with van der Waals surface area (Å²) < 4.78 is 0. The summed E-state index contributed by atoms with van der Waals surface area (Å²) in [7, 11) is 0. The Balaban J connectivity index is 1.62. The van der Waals surface area contributed by atoms with Crippen molar-refractivity contribution in [3.8, 4) is 0 Å². The van der Waals surface area contributed by atoms with Gasteiger partial charge in [-0.3, -0.25) is 19.9 Å². The van der Waals surface area contributed by atoms with Crippen molar-refractivity contribution in [2.24, 2.45) is 0 Å². The predicted molar refractivity (Wildman–Crippen MR) is 118 cm³/mol.